The first-order chi connectivity index (χ1) is 15.3. The molecule has 0 saturated heterocycles. The highest BCUT2D eigenvalue weighted by Crippen LogP contribution is 2.42. The van der Waals surface area contributed by atoms with Gasteiger partial charge in [0.15, 0.2) is 0 Å². The van der Waals surface area contributed by atoms with Gasteiger partial charge < -0.3 is 19.7 Å². The highest BCUT2D eigenvalue weighted by molar-refractivity contribution is 5.82. The van der Waals surface area contributed by atoms with Gasteiger partial charge in [0.05, 0.1) is 14.2 Å². The van der Waals surface area contributed by atoms with Gasteiger partial charge in [0.2, 0.25) is 0 Å². The van der Waals surface area contributed by atoms with Crippen LogP contribution in [0.3, 0.4) is 0 Å². The highest BCUT2D eigenvalue weighted by Gasteiger charge is 2.17. The van der Waals surface area contributed by atoms with Crippen LogP contribution in [-0.4, -0.2) is 34.9 Å². The van der Waals surface area contributed by atoms with Crippen molar-refractivity contribution < 1.29 is 13.9 Å². The molecule has 0 spiro atoms. The van der Waals surface area contributed by atoms with Gasteiger partial charge >= 0.3 is 0 Å². The van der Waals surface area contributed by atoms with E-state index in [9.17, 15) is 0 Å². The summed E-state index contributed by atoms with van der Waals surface area (Å²) in [6, 6.07) is 17.1. The molecule has 1 N–H and O–H groups in total. The number of nitrogens with zero attached hydrogens (tertiary/aromatic N) is 1. The van der Waals surface area contributed by atoms with Gasteiger partial charge in [-0.25, -0.2) is 4.39 Å². The molecule has 0 amide bonds. The minimum absolute atomic E-state index is 0.323. The molecule has 0 unspecified atom stereocenters. The van der Waals surface area contributed by atoms with Gasteiger partial charge in [0.1, 0.15) is 17.3 Å². The average Bonchev–Trinajstić information content (AvgIpc) is 2.78. The fraction of sp³-hybridized carbons (Fsp3) is 0.259. The number of halogens is 1. The van der Waals surface area contributed by atoms with Crippen molar-refractivity contribution >= 4 is 11.4 Å². The first kappa shape index (κ1) is 23.2. The predicted octanol–water partition coefficient (Wildman–Crippen LogP) is 6.62. The Bertz CT molecular complexity index is 1100. The Kier molecular flexibility index (Phi) is 7.41. The van der Waals surface area contributed by atoms with Crippen LogP contribution in [0, 0.1) is 5.82 Å². The maximum atomic E-state index is 15.1. The average molecular weight is 435 g/mol. The molecular formula is C27H31FN2O2. The van der Waals surface area contributed by atoms with Crippen LogP contribution in [0.25, 0.3) is 22.3 Å². The number of allylic oxidation sites excluding steroid dienone is 1. The molecule has 3 rings (SSSR count). The molecule has 4 nitrogen and oxygen atoms in total. The second-order valence-electron chi connectivity index (χ2n) is 8.05. The molecule has 0 bridgehead atoms. The van der Waals surface area contributed by atoms with Crippen molar-refractivity contribution in [2.45, 2.75) is 13.8 Å². The van der Waals surface area contributed by atoms with E-state index in [2.05, 4.69) is 23.5 Å². The van der Waals surface area contributed by atoms with Crippen molar-refractivity contribution in [3.05, 3.63) is 72.1 Å². The van der Waals surface area contributed by atoms with E-state index in [0.29, 0.717) is 29.2 Å². The van der Waals surface area contributed by atoms with E-state index >= 15 is 4.39 Å². The number of hydrogen-bond acceptors (Lipinski definition) is 4. The normalized spacial score (nSPS) is 10.5. The monoisotopic (exact) mass is 434 g/mol. The van der Waals surface area contributed by atoms with Crippen LogP contribution >= 0.6 is 0 Å². The van der Waals surface area contributed by atoms with Gasteiger partial charge in [-0.3, -0.25) is 0 Å². The van der Waals surface area contributed by atoms with E-state index in [4.69, 9.17) is 9.47 Å². The number of rotatable bonds is 8. The van der Waals surface area contributed by atoms with Gasteiger partial charge in [-0.1, -0.05) is 23.8 Å². The maximum absolute atomic E-state index is 15.1. The highest BCUT2D eigenvalue weighted by atomic mass is 19.1. The van der Waals surface area contributed by atoms with Gasteiger partial charge in [0.25, 0.3) is 0 Å². The fourth-order valence-electron chi connectivity index (χ4n) is 3.49. The van der Waals surface area contributed by atoms with Gasteiger partial charge in [-0.05, 0) is 61.9 Å². The van der Waals surface area contributed by atoms with Crippen LogP contribution in [0.5, 0.6) is 11.5 Å². The van der Waals surface area contributed by atoms with E-state index < -0.39 is 0 Å². The molecule has 3 aromatic carbocycles. The summed E-state index contributed by atoms with van der Waals surface area (Å²) in [6.45, 7) is 4.72. The van der Waals surface area contributed by atoms with Gasteiger partial charge in [-0.15, -0.1) is 0 Å². The lowest BCUT2D eigenvalue weighted by atomic mass is 9.97. The standard InChI is InChI=1S/C27H31FN2O2/c1-18(2)13-14-29-20-9-12-22(25(28)15-20)24-17-26(31-5)23(16-27(24)32-6)19-7-10-21(11-8-19)30(3)4/h7-13,15-17,29H,14H2,1-6H3. The molecule has 0 radical (unpaired) electrons. The van der Waals surface area contributed by atoms with Crippen LogP contribution in [0.4, 0.5) is 15.8 Å². The quantitative estimate of drug-likeness (QED) is 0.404. The molecular weight excluding hydrogens is 403 g/mol. The zero-order valence-electron chi connectivity index (χ0n) is 19.6. The summed E-state index contributed by atoms with van der Waals surface area (Å²) in [5.41, 5.74) is 6.04. The Morgan fingerprint density at radius 3 is 2.06 bits per heavy atom. The number of anilines is 2. The second-order valence-corrected chi connectivity index (χ2v) is 8.05. The van der Waals surface area contributed by atoms with Gasteiger partial charge in [-0.2, -0.15) is 0 Å². The minimum Gasteiger partial charge on any atom is -0.496 e. The molecule has 0 fully saturated rings. The molecule has 168 valence electrons. The topological polar surface area (TPSA) is 33.7 Å². The van der Waals surface area contributed by atoms with E-state index in [1.54, 1.807) is 20.3 Å². The Balaban J connectivity index is 2.00. The lowest BCUT2D eigenvalue weighted by Crippen LogP contribution is -2.07. The van der Waals surface area contributed by atoms with Crippen molar-refractivity contribution in [2.24, 2.45) is 0 Å². The van der Waals surface area contributed by atoms with Crippen LogP contribution in [-0.2, 0) is 0 Å². The molecule has 0 aliphatic carbocycles. The van der Waals surface area contributed by atoms with Crippen LogP contribution in [0.1, 0.15) is 13.8 Å². The Hall–Kier alpha value is -3.47. The van der Waals surface area contributed by atoms with E-state index in [0.717, 1.165) is 22.5 Å². The number of ether oxygens (including phenoxy) is 2. The summed E-state index contributed by atoms with van der Waals surface area (Å²) < 4.78 is 26.4. The molecule has 0 atom stereocenters. The zero-order valence-corrected chi connectivity index (χ0v) is 19.6. The summed E-state index contributed by atoms with van der Waals surface area (Å²) in [5, 5.41) is 3.21. The first-order valence-corrected chi connectivity index (χ1v) is 10.5. The number of nitrogens with one attached hydrogen (secondary N) is 1. The number of methoxy groups -OCH3 is 2. The van der Waals surface area contributed by atoms with E-state index in [1.165, 1.54) is 11.6 Å². The molecule has 0 aromatic heterocycles. The smallest absolute Gasteiger partial charge is 0.133 e. The third kappa shape index (κ3) is 5.22. The third-order valence-electron chi connectivity index (χ3n) is 5.29. The summed E-state index contributed by atoms with van der Waals surface area (Å²) in [7, 11) is 7.22. The summed E-state index contributed by atoms with van der Waals surface area (Å²) in [5.74, 6) is 0.917. The molecule has 5 heteroatoms. The van der Waals surface area contributed by atoms with Crippen molar-refractivity contribution in [2.75, 3.05) is 45.1 Å². The zero-order chi connectivity index (χ0) is 23.3. The first-order valence-electron chi connectivity index (χ1n) is 10.5. The molecule has 0 aliphatic rings. The summed E-state index contributed by atoms with van der Waals surface area (Å²) in [4.78, 5) is 2.05. The van der Waals surface area contributed by atoms with Crippen molar-refractivity contribution in [3.63, 3.8) is 0 Å². The van der Waals surface area contributed by atoms with Gasteiger partial charge in [0, 0.05) is 48.7 Å². The maximum Gasteiger partial charge on any atom is 0.133 e. The lowest BCUT2D eigenvalue weighted by Gasteiger charge is -2.17. The Morgan fingerprint density at radius 1 is 0.875 bits per heavy atom. The largest absolute Gasteiger partial charge is 0.496 e. The molecule has 32 heavy (non-hydrogen) atoms. The minimum atomic E-state index is -0.323. The summed E-state index contributed by atoms with van der Waals surface area (Å²) in [6.07, 6.45) is 2.06. The molecule has 0 heterocycles. The van der Waals surface area contributed by atoms with Crippen LogP contribution in [0.2, 0.25) is 0 Å². The molecule has 0 saturated carbocycles. The number of hydrogen-bond donors (Lipinski definition) is 1. The van der Waals surface area contributed by atoms with Crippen molar-refractivity contribution in [1.29, 1.82) is 0 Å². The Labute approximate surface area is 190 Å². The van der Waals surface area contributed by atoms with Crippen LogP contribution < -0.4 is 19.7 Å². The van der Waals surface area contributed by atoms with E-state index in [1.807, 2.05) is 63.2 Å². The SMILES string of the molecule is COc1cc(-c2ccc(NCC=C(C)C)cc2F)c(OC)cc1-c1ccc(N(C)C)cc1. The lowest BCUT2D eigenvalue weighted by molar-refractivity contribution is 0.405. The van der Waals surface area contributed by atoms with Crippen molar-refractivity contribution in [1.82, 2.24) is 0 Å². The molecule has 3 aromatic rings. The Morgan fingerprint density at radius 2 is 1.50 bits per heavy atom. The second kappa shape index (κ2) is 10.2. The fourth-order valence-corrected chi connectivity index (χ4v) is 3.49. The third-order valence-corrected chi connectivity index (χ3v) is 5.29. The number of benzene rings is 3. The van der Waals surface area contributed by atoms with Crippen LogP contribution in [0.15, 0.2) is 66.2 Å². The molecule has 0 aliphatic heterocycles. The summed E-state index contributed by atoms with van der Waals surface area (Å²) >= 11 is 0. The van der Waals surface area contributed by atoms with Crippen molar-refractivity contribution in [3.8, 4) is 33.8 Å². The predicted molar refractivity (Wildman–Crippen MR) is 133 cm³/mol. The van der Waals surface area contributed by atoms with E-state index in [-0.39, 0.29) is 5.82 Å².